The summed E-state index contributed by atoms with van der Waals surface area (Å²) in [4.78, 5) is 29.2. The Bertz CT molecular complexity index is 927. The molecule has 3 aromatic rings. The van der Waals surface area contributed by atoms with Crippen molar-refractivity contribution in [1.29, 1.82) is 0 Å². The van der Waals surface area contributed by atoms with Gasteiger partial charge in [0.1, 0.15) is 6.54 Å². The molecule has 3 heterocycles. The minimum absolute atomic E-state index is 0.0240. The van der Waals surface area contributed by atoms with E-state index >= 15 is 0 Å². The molecule has 0 aliphatic heterocycles. The predicted molar refractivity (Wildman–Crippen MR) is 95.0 cm³/mol. The number of hydrogen-bond donors (Lipinski definition) is 1. The average molecular weight is 373 g/mol. The zero-order chi connectivity index (χ0) is 18.7. The van der Waals surface area contributed by atoms with Crippen LogP contribution in [0.2, 0.25) is 0 Å². The maximum Gasteiger partial charge on any atom is 0.246 e. The topological polar surface area (TPSA) is 103 Å². The molecule has 0 spiro atoms. The number of hydrogen-bond acceptors (Lipinski definition) is 7. The zero-order valence-corrected chi connectivity index (χ0v) is 15.6. The van der Waals surface area contributed by atoms with Gasteiger partial charge in [-0.3, -0.25) is 14.3 Å². The van der Waals surface area contributed by atoms with Gasteiger partial charge in [-0.25, -0.2) is 0 Å². The Morgan fingerprint density at radius 2 is 2.15 bits per heavy atom. The Balaban J connectivity index is 1.55. The fraction of sp³-hybridized carbons (Fsp3) is 0.353. The van der Waals surface area contributed by atoms with E-state index in [-0.39, 0.29) is 24.8 Å². The lowest BCUT2D eigenvalue weighted by Gasteiger charge is -2.05. The molecule has 0 fully saturated rings. The summed E-state index contributed by atoms with van der Waals surface area (Å²) in [6.45, 7) is 5.20. The second kappa shape index (κ2) is 7.61. The molecule has 3 aromatic heterocycles. The monoisotopic (exact) mass is 373 g/mol. The van der Waals surface area contributed by atoms with E-state index in [2.05, 4.69) is 20.6 Å². The van der Waals surface area contributed by atoms with Gasteiger partial charge in [-0.05, 0) is 32.2 Å². The summed E-state index contributed by atoms with van der Waals surface area (Å²) in [6.07, 6.45) is 0.606. The number of rotatable bonds is 7. The molecular formula is C17H19N5O3S. The molecule has 1 amide bonds. The Hall–Kier alpha value is -2.81. The summed E-state index contributed by atoms with van der Waals surface area (Å²) >= 11 is 1.63. The standard InChI is InChI=1S/C17H19N5O3S/c1-10-17(12(3)23)11(2)22(20-10)9-15(24)18-8-16-19-14(21-25-16)7-13-5-4-6-26-13/h4-6H,7-9H2,1-3H3,(H,18,24). The van der Waals surface area contributed by atoms with E-state index in [4.69, 9.17) is 4.52 Å². The summed E-state index contributed by atoms with van der Waals surface area (Å²) in [5.41, 5.74) is 1.87. The second-order valence-corrected chi connectivity index (χ2v) is 6.93. The van der Waals surface area contributed by atoms with E-state index in [1.54, 1.807) is 25.2 Å². The number of carbonyl (C=O) groups is 2. The molecule has 0 aliphatic rings. The van der Waals surface area contributed by atoms with Gasteiger partial charge in [-0.1, -0.05) is 11.2 Å². The summed E-state index contributed by atoms with van der Waals surface area (Å²) in [5.74, 6) is 0.628. The molecule has 0 radical (unpaired) electrons. The first-order valence-electron chi connectivity index (χ1n) is 8.09. The molecule has 8 nitrogen and oxygen atoms in total. The number of ketones is 1. The summed E-state index contributed by atoms with van der Waals surface area (Å²) < 4.78 is 6.68. The highest BCUT2D eigenvalue weighted by Crippen LogP contribution is 2.14. The summed E-state index contributed by atoms with van der Waals surface area (Å²) in [5, 5.41) is 12.9. The molecule has 9 heteroatoms. The summed E-state index contributed by atoms with van der Waals surface area (Å²) in [6, 6.07) is 3.98. The van der Waals surface area contributed by atoms with Crippen molar-refractivity contribution in [3.63, 3.8) is 0 Å². The fourth-order valence-corrected chi connectivity index (χ4v) is 3.43. The minimum atomic E-state index is -0.247. The van der Waals surface area contributed by atoms with E-state index < -0.39 is 0 Å². The average Bonchev–Trinajstić information content (AvgIpc) is 3.29. The number of Topliss-reactive ketones (excluding diaryl/α,β-unsaturated/α-hetero) is 1. The van der Waals surface area contributed by atoms with Crippen molar-refractivity contribution in [3.8, 4) is 0 Å². The molecule has 0 aromatic carbocycles. The number of amides is 1. The minimum Gasteiger partial charge on any atom is -0.345 e. The van der Waals surface area contributed by atoms with Crippen molar-refractivity contribution in [1.82, 2.24) is 25.2 Å². The molecule has 0 unspecified atom stereocenters. The first-order valence-corrected chi connectivity index (χ1v) is 8.97. The van der Waals surface area contributed by atoms with Crippen LogP contribution >= 0.6 is 11.3 Å². The van der Waals surface area contributed by atoms with E-state index in [1.807, 2.05) is 17.5 Å². The molecule has 0 bridgehead atoms. The van der Waals surface area contributed by atoms with Crippen LogP contribution in [0.1, 0.15) is 45.3 Å². The van der Waals surface area contributed by atoms with Crippen molar-refractivity contribution in [2.75, 3.05) is 0 Å². The van der Waals surface area contributed by atoms with Crippen molar-refractivity contribution in [3.05, 3.63) is 51.1 Å². The number of aromatic nitrogens is 4. The molecule has 3 rings (SSSR count). The number of carbonyl (C=O) groups excluding carboxylic acids is 2. The van der Waals surface area contributed by atoms with Crippen molar-refractivity contribution in [2.24, 2.45) is 0 Å². The highest BCUT2D eigenvalue weighted by molar-refractivity contribution is 7.09. The lowest BCUT2D eigenvalue weighted by atomic mass is 10.1. The molecule has 26 heavy (non-hydrogen) atoms. The van der Waals surface area contributed by atoms with Crippen LogP contribution in [0.5, 0.6) is 0 Å². The van der Waals surface area contributed by atoms with Crippen LogP contribution in [0.3, 0.4) is 0 Å². The third-order valence-electron chi connectivity index (χ3n) is 3.89. The first-order chi connectivity index (χ1) is 12.4. The maximum absolute atomic E-state index is 12.1. The van der Waals surface area contributed by atoms with Gasteiger partial charge in [0.25, 0.3) is 0 Å². The Labute approximate surface area is 154 Å². The second-order valence-electron chi connectivity index (χ2n) is 5.90. The zero-order valence-electron chi connectivity index (χ0n) is 14.8. The van der Waals surface area contributed by atoms with Gasteiger partial charge >= 0.3 is 0 Å². The number of nitrogens with one attached hydrogen (secondary N) is 1. The van der Waals surface area contributed by atoms with E-state index in [1.165, 1.54) is 11.6 Å². The Kier molecular flexibility index (Phi) is 5.27. The number of thiophene rings is 1. The molecule has 1 N–H and O–H groups in total. The van der Waals surface area contributed by atoms with Gasteiger partial charge < -0.3 is 9.84 Å². The Morgan fingerprint density at radius 3 is 2.81 bits per heavy atom. The van der Waals surface area contributed by atoms with Crippen LogP contribution in [0, 0.1) is 13.8 Å². The lowest BCUT2D eigenvalue weighted by Crippen LogP contribution is -2.28. The van der Waals surface area contributed by atoms with E-state index in [0.717, 1.165) is 4.88 Å². The van der Waals surface area contributed by atoms with Crippen LogP contribution in [-0.4, -0.2) is 31.6 Å². The van der Waals surface area contributed by atoms with Crippen LogP contribution in [0.4, 0.5) is 0 Å². The molecule has 0 atom stereocenters. The van der Waals surface area contributed by atoms with Crippen LogP contribution < -0.4 is 5.32 Å². The van der Waals surface area contributed by atoms with Gasteiger partial charge in [0.15, 0.2) is 11.6 Å². The normalized spacial score (nSPS) is 10.9. The molecule has 0 aliphatic carbocycles. The van der Waals surface area contributed by atoms with Crippen molar-refractivity contribution in [2.45, 2.75) is 40.3 Å². The molecule has 0 saturated carbocycles. The Morgan fingerprint density at radius 1 is 1.35 bits per heavy atom. The first kappa shape index (κ1) is 18.0. The highest BCUT2D eigenvalue weighted by Gasteiger charge is 2.17. The third-order valence-corrected chi connectivity index (χ3v) is 4.76. The maximum atomic E-state index is 12.1. The third kappa shape index (κ3) is 4.05. The van der Waals surface area contributed by atoms with Crippen LogP contribution in [0.25, 0.3) is 0 Å². The van der Waals surface area contributed by atoms with Crippen LogP contribution in [0.15, 0.2) is 22.0 Å². The summed E-state index contributed by atoms with van der Waals surface area (Å²) in [7, 11) is 0. The fourth-order valence-electron chi connectivity index (χ4n) is 2.73. The largest absolute Gasteiger partial charge is 0.345 e. The molecule has 136 valence electrons. The van der Waals surface area contributed by atoms with Gasteiger partial charge in [0.2, 0.25) is 11.8 Å². The van der Waals surface area contributed by atoms with Gasteiger partial charge in [0, 0.05) is 17.0 Å². The highest BCUT2D eigenvalue weighted by atomic mass is 32.1. The van der Waals surface area contributed by atoms with E-state index in [9.17, 15) is 9.59 Å². The van der Waals surface area contributed by atoms with Crippen molar-refractivity contribution < 1.29 is 14.1 Å². The van der Waals surface area contributed by atoms with E-state index in [0.29, 0.717) is 35.1 Å². The smallest absolute Gasteiger partial charge is 0.246 e. The lowest BCUT2D eigenvalue weighted by molar-refractivity contribution is -0.122. The van der Waals surface area contributed by atoms with Gasteiger partial charge in [-0.15, -0.1) is 11.3 Å². The number of aryl methyl sites for hydroxylation is 1. The van der Waals surface area contributed by atoms with Crippen molar-refractivity contribution >= 4 is 23.0 Å². The SMILES string of the molecule is CC(=O)c1c(C)nn(CC(=O)NCc2nc(Cc3cccs3)no2)c1C. The number of nitrogens with zero attached hydrogens (tertiary/aromatic N) is 4. The molecular weight excluding hydrogens is 354 g/mol. The molecule has 0 saturated heterocycles. The quantitative estimate of drug-likeness (QED) is 0.636. The van der Waals surface area contributed by atoms with Gasteiger partial charge in [-0.2, -0.15) is 10.1 Å². The predicted octanol–water partition coefficient (Wildman–Crippen LogP) is 2.05. The van der Waals surface area contributed by atoms with Gasteiger partial charge in [0.05, 0.1) is 17.8 Å². The van der Waals surface area contributed by atoms with Crippen LogP contribution in [-0.2, 0) is 24.3 Å².